The average molecular weight is 395 g/mol. The van der Waals surface area contributed by atoms with E-state index in [0.29, 0.717) is 37.6 Å². The summed E-state index contributed by atoms with van der Waals surface area (Å²) < 4.78 is 54.1. The first-order valence-corrected chi connectivity index (χ1v) is 9.31. The molecule has 0 spiro atoms. The molecular formula is C19H21F4N5. The molecule has 1 N–H and O–H groups in total. The monoisotopic (exact) mass is 395 g/mol. The number of rotatable bonds is 1. The number of allylic oxidation sites excluding steroid dienone is 1. The Bertz CT molecular complexity index is 894. The van der Waals surface area contributed by atoms with Gasteiger partial charge in [0.05, 0.1) is 16.9 Å². The maximum absolute atomic E-state index is 14.2. The Morgan fingerprint density at radius 1 is 1.18 bits per heavy atom. The summed E-state index contributed by atoms with van der Waals surface area (Å²) in [4.78, 5) is 6.56. The lowest BCUT2D eigenvalue weighted by molar-refractivity contribution is -0.140. The van der Waals surface area contributed by atoms with Crippen LogP contribution in [0.1, 0.15) is 37.8 Å². The van der Waals surface area contributed by atoms with Crippen molar-refractivity contribution >= 4 is 23.1 Å². The lowest BCUT2D eigenvalue weighted by Gasteiger charge is -2.40. The Hall–Kier alpha value is -2.42. The number of piperazine rings is 1. The summed E-state index contributed by atoms with van der Waals surface area (Å²) >= 11 is 0. The molecule has 3 aliphatic rings. The zero-order chi connectivity index (χ0) is 20.1. The quantitative estimate of drug-likeness (QED) is 0.733. The summed E-state index contributed by atoms with van der Waals surface area (Å²) in [5, 5.41) is 9.50. The predicted octanol–water partition coefficient (Wildman–Crippen LogP) is 3.95. The van der Waals surface area contributed by atoms with Gasteiger partial charge in [0.2, 0.25) is 5.96 Å². The zero-order valence-corrected chi connectivity index (χ0v) is 15.7. The number of guanidine groups is 1. The highest BCUT2D eigenvalue weighted by Gasteiger charge is 2.39. The van der Waals surface area contributed by atoms with Crippen molar-refractivity contribution < 1.29 is 17.6 Å². The molecule has 150 valence electrons. The topological polar surface area (TPSA) is 43.2 Å². The molecule has 0 atom stereocenters. The maximum atomic E-state index is 14.2. The van der Waals surface area contributed by atoms with E-state index in [2.05, 4.69) is 15.4 Å². The second kappa shape index (κ2) is 6.88. The van der Waals surface area contributed by atoms with Crippen molar-refractivity contribution in [1.82, 2.24) is 15.2 Å². The summed E-state index contributed by atoms with van der Waals surface area (Å²) in [6, 6.07) is 1.76. The second-order valence-corrected chi connectivity index (χ2v) is 7.13. The van der Waals surface area contributed by atoms with E-state index in [-0.39, 0.29) is 11.3 Å². The molecule has 0 aliphatic carbocycles. The molecule has 3 heterocycles. The van der Waals surface area contributed by atoms with E-state index in [4.69, 9.17) is 0 Å². The van der Waals surface area contributed by atoms with Gasteiger partial charge in [0.25, 0.3) is 0 Å². The number of hydrogen-bond acceptors (Lipinski definition) is 5. The van der Waals surface area contributed by atoms with Gasteiger partial charge in [-0.2, -0.15) is 23.3 Å². The lowest BCUT2D eigenvalue weighted by atomic mass is 9.94. The minimum Gasteiger partial charge on any atom is -0.338 e. The van der Waals surface area contributed by atoms with Crippen LogP contribution < -0.4 is 5.32 Å². The Kier molecular flexibility index (Phi) is 4.65. The molecule has 4 rings (SSSR count). The number of halogens is 4. The van der Waals surface area contributed by atoms with Crippen LogP contribution in [0.4, 0.5) is 23.2 Å². The third kappa shape index (κ3) is 3.17. The molecule has 0 saturated carbocycles. The highest BCUT2D eigenvalue weighted by molar-refractivity contribution is 6.02. The number of aliphatic imine (C=N–C) groups is 1. The highest BCUT2D eigenvalue weighted by Crippen LogP contribution is 2.44. The van der Waals surface area contributed by atoms with Gasteiger partial charge in [-0.1, -0.05) is 6.92 Å². The SMILES string of the molecule is CCC1=C2c3cc(C(F)(F)F)c(F)cc3N=C(N3CCNCC3)N2N=C(C)C1. The van der Waals surface area contributed by atoms with Crippen molar-refractivity contribution in [2.24, 2.45) is 10.1 Å². The normalized spacial score (nSPS) is 19.9. The van der Waals surface area contributed by atoms with Gasteiger partial charge in [-0.25, -0.2) is 9.38 Å². The third-order valence-corrected chi connectivity index (χ3v) is 5.17. The van der Waals surface area contributed by atoms with Crippen molar-refractivity contribution in [2.45, 2.75) is 32.9 Å². The van der Waals surface area contributed by atoms with Crippen molar-refractivity contribution in [3.8, 4) is 0 Å². The van der Waals surface area contributed by atoms with Crippen LogP contribution in [-0.4, -0.2) is 47.8 Å². The van der Waals surface area contributed by atoms with Crippen LogP contribution in [0, 0.1) is 5.82 Å². The van der Waals surface area contributed by atoms with Crippen LogP contribution >= 0.6 is 0 Å². The molecule has 1 aromatic carbocycles. The Morgan fingerprint density at radius 3 is 2.54 bits per heavy atom. The number of alkyl halides is 3. The fourth-order valence-corrected chi connectivity index (χ4v) is 3.83. The van der Waals surface area contributed by atoms with Crippen molar-refractivity contribution in [1.29, 1.82) is 0 Å². The van der Waals surface area contributed by atoms with E-state index in [9.17, 15) is 17.6 Å². The minimum absolute atomic E-state index is 0.214. The summed E-state index contributed by atoms with van der Waals surface area (Å²) in [6.07, 6.45) is -3.53. The zero-order valence-electron chi connectivity index (χ0n) is 15.7. The van der Waals surface area contributed by atoms with E-state index in [0.717, 1.165) is 36.5 Å². The van der Waals surface area contributed by atoms with Gasteiger partial charge in [-0.05, 0) is 25.0 Å². The van der Waals surface area contributed by atoms with E-state index < -0.39 is 17.6 Å². The molecule has 0 amide bonds. The number of fused-ring (bicyclic) bond motifs is 3. The molecule has 28 heavy (non-hydrogen) atoms. The molecule has 0 unspecified atom stereocenters. The van der Waals surface area contributed by atoms with Crippen LogP contribution in [-0.2, 0) is 6.18 Å². The minimum atomic E-state index is -4.77. The van der Waals surface area contributed by atoms with E-state index in [1.54, 1.807) is 5.01 Å². The number of hydrogen-bond donors (Lipinski definition) is 1. The van der Waals surface area contributed by atoms with Gasteiger partial charge in [-0.3, -0.25) is 0 Å². The Balaban J connectivity index is 1.94. The summed E-state index contributed by atoms with van der Waals surface area (Å²) in [7, 11) is 0. The number of benzene rings is 1. The van der Waals surface area contributed by atoms with Gasteiger partial charge in [0, 0.05) is 49.9 Å². The average Bonchev–Trinajstić information content (AvgIpc) is 2.65. The predicted molar refractivity (Wildman–Crippen MR) is 99.7 cm³/mol. The third-order valence-electron chi connectivity index (χ3n) is 5.17. The van der Waals surface area contributed by atoms with E-state index >= 15 is 0 Å². The molecule has 9 heteroatoms. The highest BCUT2D eigenvalue weighted by atomic mass is 19.4. The molecule has 1 saturated heterocycles. The first kappa shape index (κ1) is 18.9. The van der Waals surface area contributed by atoms with Crippen LogP contribution in [0.2, 0.25) is 0 Å². The lowest BCUT2D eigenvalue weighted by Crippen LogP contribution is -2.52. The molecule has 1 aromatic rings. The molecule has 3 aliphatic heterocycles. The molecule has 0 aromatic heterocycles. The second-order valence-electron chi connectivity index (χ2n) is 7.13. The largest absolute Gasteiger partial charge is 0.419 e. The molecule has 0 bridgehead atoms. The van der Waals surface area contributed by atoms with E-state index in [1.807, 2.05) is 18.7 Å². The summed E-state index contributed by atoms with van der Waals surface area (Å²) in [6.45, 7) is 6.77. The number of hydrazone groups is 1. The van der Waals surface area contributed by atoms with Gasteiger partial charge < -0.3 is 10.2 Å². The first-order valence-electron chi connectivity index (χ1n) is 9.31. The molecular weight excluding hydrogens is 374 g/mol. The Morgan fingerprint density at radius 2 is 1.89 bits per heavy atom. The van der Waals surface area contributed by atoms with E-state index in [1.165, 1.54) is 0 Å². The standard InChI is InChI=1S/C19H21F4N5/c1-3-12-8-11(2)26-28-17(12)13-9-14(19(21,22)23)15(20)10-16(13)25-18(28)27-6-4-24-5-7-27/h9-10,24H,3-8H2,1-2H3. The van der Waals surface area contributed by atoms with Crippen LogP contribution in [0.15, 0.2) is 27.8 Å². The summed E-state index contributed by atoms with van der Waals surface area (Å²) in [5.74, 6) is -0.773. The van der Waals surface area contributed by atoms with Crippen molar-refractivity contribution in [2.75, 3.05) is 26.2 Å². The fraction of sp³-hybridized carbons (Fsp3) is 0.474. The molecule has 5 nitrogen and oxygen atoms in total. The number of nitrogens with one attached hydrogen (secondary N) is 1. The van der Waals surface area contributed by atoms with Crippen LogP contribution in [0.5, 0.6) is 0 Å². The van der Waals surface area contributed by atoms with Gasteiger partial charge >= 0.3 is 6.18 Å². The van der Waals surface area contributed by atoms with Crippen molar-refractivity contribution in [3.05, 3.63) is 34.6 Å². The molecule has 0 radical (unpaired) electrons. The maximum Gasteiger partial charge on any atom is 0.419 e. The smallest absolute Gasteiger partial charge is 0.338 e. The Labute approximate surface area is 160 Å². The van der Waals surface area contributed by atoms with Gasteiger partial charge in [0.1, 0.15) is 5.82 Å². The van der Waals surface area contributed by atoms with Crippen LogP contribution in [0.25, 0.3) is 5.70 Å². The van der Waals surface area contributed by atoms with Crippen molar-refractivity contribution in [3.63, 3.8) is 0 Å². The first-order chi connectivity index (χ1) is 13.3. The number of nitrogens with zero attached hydrogens (tertiary/aromatic N) is 4. The molecule has 1 fully saturated rings. The fourth-order valence-electron chi connectivity index (χ4n) is 3.83. The van der Waals surface area contributed by atoms with Gasteiger partial charge in [0.15, 0.2) is 0 Å². The van der Waals surface area contributed by atoms with Gasteiger partial charge in [-0.15, -0.1) is 0 Å². The summed E-state index contributed by atoms with van der Waals surface area (Å²) in [5.41, 5.74) is 1.64. The van der Waals surface area contributed by atoms with Crippen LogP contribution in [0.3, 0.4) is 0 Å².